The van der Waals surface area contributed by atoms with E-state index >= 15 is 0 Å². The Bertz CT molecular complexity index is 576. The molecule has 0 saturated carbocycles. The van der Waals surface area contributed by atoms with Crippen molar-refractivity contribution in [3.05, 3.63) is 70.0 Å². The number of ketones is 1. The number of aryl methyl sites for hydroxylation is 1. The fourth-order valence-electron chi connectivity index (χ4n) is 1.82. The maximum atomic E-state index is 13.0. The van der Waals surface area contributed by atoms with Gasteiger partial charge >= 0.3 is 0 Å². The third-order valence-electron chi connectivity index (χ3n) is 2.77. The lowest BCUT2D eigenvalue weighted by molar-refractivity contribution is 0.0992. The molecule has 0 N–H and O–H groups in total. The standard InChI is InChI=1S/C15H12ClFO/c1-10-8-13(17)6-7-14(10)15(18)9-11-2-4-12(16)5-3-11/h2-8H,9H2,1H3. The lowest BCUT2D eigenvalue weighted by Crippen LogP contribution is -2.05. The average Bonchev–Trinajstić information content (AvgIpc) is 2.32. The van der Waals surface area contributed by atoms with Crippen molar-refractivity contribution in [2.24, 2.45) is 0 Å². The molecule has 0 unspecified atom stereocenters. The summed E-state index contributed by atoms with van der Waals surface area (Å²) < 4.78 is 13.0. The predicted octanol–water partition coefficient (Wildman–Crippen LogP) is 4.21. The molecule has 0 bridgehead atoms. The minimum atomic E-state index is -0.324. The molecule has 92 valence electrons. The van der Waals surface area contributed by atoms with E-state index in [0.717, 1.165) is 5.56 Å². The Morgan fingerprint density at radius 2 is 1.83 bits per heavy atom. The molecule has 0 saturated heterocycles. The van der Waals surface area contributed by atoms with Crippen molar-refractivity contribution in [2.45, 2.75) is 13.3 Å². The number of Topliss-reactive ketones (excluding diaryl/α,β-unsaturated/α-hetero) is 1. The molecule has 0 aliphatic rings. The second kappa shape index (κ2) is 5.32. The Kier molecular flexibility index (Phi) is 3.78. The van der Waals surface area contributed by atoms with Gasteiger partial charge in [0.05, 0.1) is 0 Å². The van der Waals surface area contributed by atoms with E-state index in [1.54, 1.807) is 19.1 Å². The van der Waals surface area contributed by atoms with E-state index in [4.69, 9.17) is 11.6 Å². The van der Waals surface area contributed by atoms with E-state index < -0.39 is 0 Å². The molecule has 0 radical (unpaired) electrons. The largest absolute Gasteiger partial charge is 0.294 e. The summed E-state index contributed by atoms with van der Waals surface area (Å²) in [5.41, 5.74) is 2.12. The van der Waals surface area contributed by atoms with Crippen molar-refractivity contribution < 1.29 is 9.18 Å². The summed E-state index contributed by atoms with van der Waals surface area (Å²) >= 11 is 5.78. The average molecular weight is 263 g/mol. The second-order valence-electron chi connectivity index (χ2n) is 4.19. The maximum absolute atomic E-state index is 13.0. The van der Waals surface area contributed by atoms with Crippen molar-refractivity contribution in [1.82, 2.24) is 0 Å². The van der Waals surface area contributed by atoms with Gasteiger partial charge in [-0.15, -0.1) is 0 Å². The first kappa shape index (κ1) is 12.8. The van der Waals surface area contributed by atoms with Crippen molar-refractivity contribution in [3.8, 4) is 0 Å². The molecule has 0 aliphatic heterocycles. The molecule has 1 nitrogen and oxygen atoms in total. The Balaban J connectivity index is 2.19. The summed E-state index contributed by atoms with van der Waals surface area (Å²) in [5, 5.41) is 0.643. The highest BCUT2D eigenvalue weighted by atomic mass is 35.5. The number of hydrogen-bond acceptors (Lipinski definition) is 1. The molecule has 18 heavy (non-hydrogen) atoms. The fraction of sp³-hybridized carbons (Fsp3) is 0.133. The minimum Gasteiger partial charge on any atom is -0.294 e. The van der Waals surface area contributed by atoms with Crippen LogP contribution in [0.3, 0.4) is 0 Å². The van der Waals surface area contributed by atoms with Gasteiger partial charge in [0.2, 0.25) is 0 Å². The lowest BCUT2D eigenvalue weighted by Gasteiger charge is -2.05. The van der Waals surface area contributed by atoms with E-state index in [2.05, 4.69) is 0 Å². The zero-order valence-electron chi connectivity index (χ0n) is 9.91. The van der Waals surface area contributed by atoms with Crippen molar-refractivity contribution in [3.63, 3.8) is 0 Å². The van der Waals surface area contributed by atoms with Crippen LogP contribution in [0.15, 0.2) is 42.5 Å². The predicted molar refractivity (Wildman–Crippen MR) is 70.6 cm³/mol. The Labute approximate surface area is 110 Å². The molecule has 0 heterocycles. The van der Waals surface area contributed by atoms with Gasteiger partial charge in [0.15, 0.2) is 5.78 Å². The molecule has 0 spiro atoms. The van der Waals surface area contributed by atoms with Crippen LogP contribution in [0.1, 0.15) is 21.5 Å². The van der Waals surface area contributed by atoms with Crippen molar-refractivity contribution >= 4 is 17.4 Å². The number of hydrogen-bond donors (Lipinski definition) is 0. The smallest absolute Gasteiger partial charge is 0.167 e. The first-order valence-electron chi connectivity index (χ1n) is 5.60. The molecule has 0 atom stereocenters. The highest BCUT2D eigenvalue weighted by molar-refractivity contribution is 6.30. The summed E-state index contributed by atoms with van der Waals surface area (Å²) in [4.78, 5) is 12.1. The molecule has 0 fully saturated rings. The van der Waals surface area contributed by atoms with Crippen molar-refractivity contribution in [2.75, 3.05) is 0 Å². The lowest BCUT2D eigenvalue weighted by atomic mass is 9.99. The normalized spacial score (nSPS) is 10.4. The van der Waals surface area contributed by atoms with Gasteiger partial charge in [-0.05, 0) is 48.4 Å². The first-order chi connectivity index (χ1) is 8.56. The Hall–Kier alpha value is -1.67. The first-order valence-corrected chi connectivity index (χ1v) is 5.98. The minimum absolute atomic E-state index is 0.0187. The van der Waals surface area contributed by atoms with Crippen molar-refractivity contribution in [1.29, 1.82) is 0 Å². The van der Waals surface area contributed by atoms with Gasteiger partial charge in [0.25, 0.3) is 0 Å². The van der Waals surface area contributed by atoms with Crippen LogP contribution in [0.5, 0.6) is 0 Å². The fourth-order valence-corrected chi connectivity index (χ4v) is 1.95. The number of carbonyl (C=O) groups excluding carboxylic acids is 1. The SMILES string of the molecule is Cc1cc(F)ccc1C(=O)Cc1ccc(Cl)cc1. The van der Waals surface area contributed by atoms with Gasteiger partial charge in [-0.2, -0.15) is 0 Å². The monoisotopic (exact) mass is 262 g/mol. The van der Waals surface area contributed by atoms with Gasteiger partial charge in [-0.3, -0.25) is 4.79 Å². The van der Waals surface area contributed by atoms with E-state index in [1.807, 2.05) is 12.1 Å². The zero-order chi connectivity index (χ0) is 13.1. The molecular weight excluding hydrogens is 251 g/mol. The van der Waals surface area contributed by atoms with E-state index in [-0.39, 0.29) is 11.6 Å². The molecule has 0 amide bonds. The van der Waals surface area contributed by atoms with E-state index in [9.17, 15) is 9.18 Å². The summed E-state index contributed by atoms with van der Waals surface area (Å²) in [7, 11) is 0. The molecule has 3 heteroatoms. The van der Waals surface area contributed by atoms with Crippen LogP contribution in [-0.4, -0.2) is 5.78 Å². The Morgan fingerprint density at radius 3 is 2.44 bits per heavy atom. The van der Waals surface area contributed by atoms with Gasteiger partial charge in [0.1, 0.15) is 5.82 Å². The highest BCUT2D eigenvalue weighted by Crippen LogP contribution is 2.15. The summed E-state index contributed by atoms with van der Waals surface area (Å²) in [5.74, 6) is -0.342. The highest BCUT2D eigenvalue weighted by Gasteiger charge is 2.10. The van der Waals surface area contributed by atoms with Gasteiger partial charge < -0.3 is 0 Å². The quantitative estimate of drug-likeness (QED) is 0.757. The van der Waals surface area contributed by atoms with Crippen LogP contribution >= 0.6 is 11.6 Å². The number of carbonyl (C=O) groups is 1. The summed E-state index contributed by atoms with van der Waals surface area (Å²) in [6.07, 6.45) is 0.295. The summed E-state index contributed by atoms with van der Waals surface area (Å²) in [6, 6.07) is 11.3. The maximum Gasteiger partial charge on any atom is 0.167 e. The molecule has 2 aromatic rings. The van der Waals surface area contributed by atoms with Crippen LogP contribution in [0.4, 0.5) is 4.39 Å². The topological polar surface area (TPSA) is 17.1 Å². The molecule has 0 aliphatic carbocycles. The van der Waals surface area contributed by atoms with E-state index in [0.29, 0.717) is 22.6 Å². The van der Waals surface area contributed by atoms with Crippen LogP contribution in [-0.2, 0) is 6.42 Å². The van der Waals surface area contributed by atoms with Gasteiger partial charge in [-0.25, -0.2) is 4.39 Å². The zero-order valence-corrected chi connectivity index (χ0v) is 10.7. The molecule has 2 aromatic carbocycles. The van der Waals surface area contributed by atoms with Gasteiger partial charge in [-0.1, -0.05) is 23.7 Å². The summed E-state index contributed by atoms with van der Waals surface area (Å²) in [6.45, 7) is 1.73. The molecule has 2 rings (SSSR count). The van der Waals surface area contributed by atoms with Gasteiger partial charge in [0, 0.05) is 17.0 Å². The third-order valence-corrected chi connectivity index (χ3v) is 3.02. The van der Waals surface area contributed by atoms with Crippen LogP contribution in [0, 0.1) is 12.7 Å². The third kappa shape index (κ3) is 2.96. The number of halogens is 2. The molecular formula is C15H12ClFO. The Morgan fingerprint density at radius 1 is 1.17 bits per heavy atom. The number of rotatable bonds is 3. The second-order valence-corrected chi connectivity index (χ2v) is 4.62. The number of benzene rings is 2. The van der Waals surface area contributed by atoms with Crippen LogP contribution < -0.4 is 0 Å². The molecule has 0 aromatic heterocycles. The van der Waals surface area contributed by atoms with E-state index in [1.165, 1.54) is 18.2 Å². The van der Waals surface area contributed by atoms with Crippen LogP contribution in [0.2, 0.25) is 5.02 Å². The van der Waals surface area contributed by atoms with Crippen LogP contribution in [0.25, 0.3) is 0 Å².